The Morgan fingerprint density at radius 1 is 1.03 bits per heavy atom. The van der Waals surface area contributed by atoms with Crippen molar-refractivity contribution in [2.75, 3.05) is 51.6 Å². The van der Waals surface area contributed by atoms with Crippen molar-refractivity contribution in [3.05, 3.63) is 46.7 Å². The molecule has 8 nitrogen and oxygen atoms in total. The zero-order valence-corrected chi connectivity index (χ0v) is 19.7. The summed E-state index contributed by atoms with van der Waals surface area (Å²) in [6.45, 7) is 3.40. The van der Waals surface area contributed by atoms with Crippen LogP contribution in [0, 0.1) is 5.92 Å². The summed E-state index contributed by atoms with van der Waals surface area (Å²) < 4.78 is 27.2. The van der Waals surface area contributed by atoms with Gasteiger partial charge in [-0.15, -0.1) is 11.3 Å². The predicted octanol–water partition coefficient (Wildman–Crippen LogP) is 2.18. The monoisotopic (exact) mass is 476 g/mol. The quantitative estimate of drug-likeness (QED) is 0.714. The number of thiophene rings is 1. The van der Waals surface area contributed by atoms with Gasteiger partial charge in [0.25, 0.3) is 5.91 Å². The van der Waals surface area contributed by atoms with Crippen LogP contribution in [-0.4, -0.2) is 80.7 Å². The number of likely N-dealkylation sites (tertiary alicyclic amines) is 1. The van der Waals surface area contributed by atoms with Gasteiger partial charge in [-0.3, -0.25) is 9.59 Å². The minimum atomic E-state index is -3.54. The number of nitrogens with zero attached hydrogens (tertiary/aromatic N) is 3. The molecule has 32 heavy (non-hydrogen) atoms. The molecule has 0 radical (unpaired) electrons. The van der Waals surface area contributed by atoms with Gasteiger partial charge in [0.1, 0.15) is 0 Å². The molecule has 2 saturated heterocycles. The zero-order chi connectivity index (χ0) is 22.7. The molecule has 4 rings (SSSR count). The molecule has 2 fully saturated rings. The Balaban J connectivity index is 1.37. The number of nitrogens with one attached hydrogen (secondary N) is 1. The van der Waals surface area contributed by atoms with Crippen molar-refractivity contribution in [2.24, 2.45) is 5.92 Å². The largest absolute Gasteiger partial charge is 0.337 e. The van der Waals surface area contributed by atoms with E-state index in [0.717, 1.165) is 12.8 Å². The number of carbonyl (C=O) groups is 2. The standard InChI is InChI=1S/C22H28N4O4S2/c1-24-11-13-26(14-12-24)32(29,30)19-8-6-18(7-9-19)23-21(27)17-4-2-10-25(16-17)22(28)20-5-3-15-31-20/h3,5-9,15,17H,2,4,10-14,16H2,1H3,(H,23,27). The molecule has 1 aromatic heterocycles. The molecule has 2 aliphatic heterocycles. The Bertz CT molecular complexity index is 1050. The van der Waals surface area contributed by atoms with Crippen LogP contribution in [0.5, 0.6) is 0 Å². The maximum atomic E-state index is 12.9. The maximum Gasteiger partial charge on any atom is 0.263 e. The molecule has 1 N–H and O–H groups in total. The molecule has 2 aromatic rings. The average molecular weight is 477 g/mol. The van der Waals surface area contributed by atoms with E-state index in [1.165, 1.54) is 27.8 Å². The first-order valence-corrected chi connectivity index (χ1v) is 13.1. The van der Waals surface area contributed by atoms with Gasteiger partial charge in [0.05, 0.1) is 15.7 Å². The Kier molecular flexibility index (Phi) is 6.94. The Hall–Kier alpha value is -2.27. The van der Waals surface area contributed by atoms with Crippen LogP contribution in [0.1, 0.15) is 22.5 Å². The molecule has 172 valence electrons. The summed E-state index contributed by atoms with van der Waals surface area (Å²) in [5.74, 6) is -0.472. The van der Waals surface area contributed by atoms with Crippen LogP contribution in [0.3, 0.4) is 0 Å². The number of rotatable bonds is 5. The molecular weight excluding hydrogens is 448 g/mol. The van der Waals surface area contributed by atoms with E-state index in [0.29, 0.717) is 49.8 Å². The van der Waals surface area contributed by atoms with Gasteiger partial charge in [0.2, 0.25) is 15.9 Å². The van der Waals surface area contributed by atoms with Crippen LogP contribution < -0.4 is 5.32 Å². The van der Waals surface area contributed by atoms with Crippen molar-refractivity contribution in [3.8, 4) is 0 Å². The van der Waals surface area contributed by atoms with Crippen LogP contribution in [0.4, 0.5) is 5.69 Å². The lowest BCUT2D eigenvalue weighted by Crippen LogP contribution is -2.47. The van der Waals surface area contributed by atoms with Crippen LogP contribution in [0.25, 0.3) is 0 Å². The van der Waals surface area contributed by atoms with Crippen molar-refractivity contribution in [2.45, 2.75) is 17.7 Å². The summed E-state index contributed by atoms with van der Waals surface area (Å²) in [6.07, 6.45) is 1.49. The summed E-state index contributed by atoms with van der Waals surface area (Å²) in [7, 11) is -1.56. The predicted molar refractivity (Wildman–Crippen MR) is 124 cm³/mol. The smallest absolute Gasteiger partial charge is 0.263 e. The number of benzene rings is 1. The number of piperazine rings is 1. The molecule has 10 heteroatoms. The summed E-state index contributed by atoms with van der Waals surface area (Å²) in [5, 5.41) is 4.75. The lowest BCUT2D eigenvalue weighted by atomic mass is 9.97. The highest BCUT2D eigenvalue weighted by Gasteiger charge is 2.30. The molecule has 3 heterocycles. The molecular formula is C22H28N4O4S2. The van der Waals surface area contributed by atoms with E-state index < -0.39 is 10.0 Å². The van der Waals surface area contributed by atoms with Gasteiger partial charge in [0, 0.05) is 45.0 Å². The summed E-state index contributed by atoms with van der Waals surface area (Å²) in [4.78, 5) is 30.2. The van der Waals surface area contributed by atoms with Crippen molar-refractivity contribution in [1.82, 2.24) is 14.1 Å². The highest BCUT2D eigenvalue weighted by Crippen LogP contribution is 2.23. The van der Waals surface area contributed by atoms with Gasteiger partial charge in [0.15, 0.2) is 0 Å². The van der Waals surface area contributed by atoms with Crippen LogP contribution in [-0.2, 0) is 14.8 Å². The molecule has 0 bridgehead atoms. The number of sulfonamides is 1. The van der Waals surface area contributed by atoms with E-state index in [4.69, 9.17) is 0 Å². The second-order valence-electron chi connectivity index (χ2n) is 8.29. The summed E-state index contributed by atoms with van der Waals surface area (Å²) >= 11 is 1.40. The van der Waals surface area contributed by atoms with Crippen LogP contribution in [0.15, 0.2) is 46.7 Å². The third-order valence-corrected chi connectivity index (χ3v) is 8.80. The third-order valence-electron chi connectivity index (χ3n) is 6.03. The van der Waals surface area contributed by atoms with E-state index in [1.54, 1.807) is 23.1 Å². The molecule has 0 aliphatic carbocycles. The van der Waals surface area contributed by atoms with Gasteiger partial charge in [-0.25, -0.2) is 8.42 Å². The minimum absolute atomic E-state index is 0.0315. The van der Waals surface area contributed by atoms with Crippen molar-refractivity contribution < 1.29 is 18.0 Å². The van der Waals surface area contributed by atoms with Gasteiger partial charge in [-0.05, 0) is 55.6 Å². The molecule has 1 atom stereocenters. The average Bonchev–Trinajstić information content (AvgIpc) is 3.34. The van der Waals surface area contributed by atoms with Crippen molar-refractivity contribution in [3.63, 3.8) is 0 Å². The van der Waals surface area contributed by atoms with Crippen LogP contribution >= 0.6 is 11.3 Å². The first-order valence-electron chi connectivity index (χ1n) is 10.8. The fourth-order valence-corrected chi connectivity index (χ4v) is 6.18. The first kappa shape index (κ1) is 22.9. The number of hydrogen-bond acceptors (Lipinski definition) is 6. The second-order valence-corrected chi connectivity index (χ2v) is 11.2. The number of likely N-dealkylation sites (N-methyl/N-ethyl adjacent to an activating group) is 1. The van der Waals surface area contributed by atoms with E-state index in [2.05, 4.69) is 10.2 Å². The fourth-order valence-electron chi connectivity index (χ4n) is 4.06. The lowest BCUT2D eigenvalue weighted by Gasteiger charge is -2.32. The first-order chi connectivity index (χ1) is 15.3. The molecule has 2 aliphatic rings. The topological polar surface area (TPSA) is 90.0 Å². The number of hydrogen-bond donors (Lipinski definition) is 1. The van der Waals surface area contributed by atoms with Crippen LogP contribution in [0.2, 0.25) is 0 Å². The Labute approximate surface area is 192 Å². The SMILES string of the molecule is CN1CCN(S(=O)(=O)c2ccc(NC(=O)C3CCCN(C(=O)c4cccs4)C3)cc2)CC1. The normalized spacial score (nSPS) is 20.8. The van der Waals surface area contributed by atoms with E-state index in [-0.39, 0.29) is 22.6 Å². The highest BCUT2D eigenvalue weighted by molar-refractivity contribution is 7.89. The van der Waals surface area contributed by atoms with Gasteiger partial charge >= 0.3 is 0 Å². The lowest BCUT2D eigenvalue weighted by molar-refractivity contribution is -0.121. The Morgan fingerprint density at radius 3 is 2.41 bits per heavy atom. The highest BCUT2D eigenvalue weighted by atomic mass is 32.2. The number of amides is 2. The molecule has 1 aromatic carbocycles. The summed E-state index contributed by atoms with van der Waals surface area (Å²) in [5.41, 5.74) is 0.550. The summed E-state index contributed by atoms with van der Waals surface area (Å²) in [6, 6.07) is 9.97. The van der Waals surface area contributed by atoms with Crippen molar-refractivity contribution >= 4 is 38.9 Å². The van der Waals surface area contributed by atoms with E-state index in [1.807, 2.05) is 18.5 Å². The van der Waals surface area contributed by atoms with Gasteiger partial charge in [-0.2, -0.15) is 4.31 Å². The Morgan fingerprint density at radius 2 is 1.75 bits per heavy atom. The van der Waals surface area contributed by atoms with E-state index >= 15 is 0 Å². The number of anilines is 1. The second kappa shape index (κ2) is 9.70. The number of carbonyl (C=O) groups excluding carboxylic acids is 2. The maximum absolute atomic E-state index is 12.9. The zero-order valence-electron chi connectivity index (χ0n) is 18.1. The molecule has 0 saturated carbocycles. The van der Waals surface area contributed by atoms with Gasteiger partial charge in [-0.1, -0.05) is 6.07 Å². The number of piperidine rings is 1. The molecule has 1 unspecified atom stereocenters. The van der Waals surface area contributed by atoms with Crippen molar-refractivity contribution in [1.29, 1.82) is 0 Å². The fraction of sp³-hybridized carbons (Fsp3) is 0.455. The van der Waals surface area contributed by atoms with E-state index in [9.17, 15) is 18.0 Å². The molecule has 2 amide bonds. The minimum Gasteiger partial charge on any atom is -0.337 e. The molecule has 0 spiro atoms. The van der Waals surface area contributed by atoms with Gasteiger partial charge < -0.3 is 15.1 Å². The third kappa shape index (κ3) is 5.03.